The third-order valence-electron chi connectivity index (χ3n) is 7.77. The van der Waals surface area contributed by atoms with Gasteiger partial charge in [-0.3, -0.25) is 9.69 Å². The number of likely N-dealkylation sites (tertiary alicyclic amines) is 1. The van der Waals surface area contributed by atoms with Crippen LogP contribution in [0.4, 0.5) is 4.79 Å². The molecular weight excluding hydrogens is 440 g/mol. The first-order valence-electron chi connectivity index (χ1n) is 12.4. The highest BCUT2D eigenvalue weighted by Gasteiger charge is 2.56. The molecule has 2 aliphatic heterocycles. The zero-order valence-corrected chi connectivity index (χ0v) is 21.6. The van der Waals surface area contributed by atoms with E-state index in [1.54, 1.807) is 12.0 Å². The topological polar surface area (TPSA) is 79.1 Å². The normalized spacial score (nSPS) is 20.5. The maximum absolute atomic E-state index is 14.0. The third kappa shape index (κ3) is 4.74. The van der Waals surface area contributed by atoms with Crippen molar-refractivity contribution >= 4 is 11.9 Å². The Hall–Kier alpha value is -3.06. The second kappa shape index (κ2) is 9.53. The van der Waals surface area contributed by atoms with Crippen LogP contribution in [-0.4, -0.2) is 66.0 Å². The van der Waals surface area contributed by atoms with Crippen LogP contribution in [0.3, 0.4) is 0 Å². The van der Waals surface area contributed by atoms with E-state index < -0.39 is 11.6 Å². The Balaban J connectivity index is 1.63. The molecule has 4 rings (SSSR count). The highest BCUT2D eigenvalue weighted by atomic mass is 16.5. The van der Waals surface area contributed by atoms with E-state index in [0.717, 1.165) is 23.3 Å². The predicted molar refractivity (Wildman–Crippen MR) is 137 cm³/mol. The fourth-order valence-electron chi connectivity index (χ4n) is 5.46. The summed E-state index contributed by atoms with van der Waals surface area (Å²) < 4.78 is 5.28. The van der Waals surface area contributed by atoms with Gasteiger partial charge in [-0.05, 0) is 60.5 Å². The van der Waals surface area contributed by atoms with Gasteiger partial charge < -0.3 is 20.3 Å². The van der Waals surface area contributed by atoms with Crippen LogP contribution >= 0.6 is 0 Å². The summed E-state index contributed by atoms with van der Waals surface area (Å²) in [6, 6.07) is 16.3. The van der Waals surface area contributed by atoms with Crippen LogP contribution in [0, 0.1) is 0 Å². The molecule has 3 amide bonds. The minimum Gasteiger partial charge on any atom is -0.497 e. The Labute approximate surface area is 208 Å². The van der Waals surface area contributed by atoms with Crippen LogP contribution in [0.15, 0.2) is 48.5 Å². The number of carbonyl (C=O) groups excluding carboxylic acids is 2. The minimum absolute atomic E-state index is 0.0623. The summed E-state index contributed by atoms with van der Waals surface area (Å²) in [4.78, 5) is 31.6. The average Bonchev–Trinajstić information content (AvgIpc) is 3.04. The maximum atomic E-state index is 14.0. The lowest BCUT2D eigenvalue weighted by Crippen LogP contribution is -2.56. The molecule has 1 atom stereocenters. The van der Waals surface area contributed by atoms with E-state index in [0.29, 0.717) is 32.5 Å². The molecule has 1 spiro atoms. The van der Waals surface area contributed by atoms with E-state index in [1.807, 2.05) is 24.1 Å². The minimum atomic E-state index is -0.626. The van der Waals surface area contributed by atoms with Gasteiger partial charge in [-0.15, -0.1) is 0 Å². The lowest BCUT2D eigenvalue weighted by molar-refractivity contribution is -0.135. The van der Waals surface area contributed by atoms with Crippen LogP contribution in [0.1, 0.15) is 56.5 Å². The number of ether oxygens (including phenoxy) is 1. The van der Waals surface area contributed by atoms with Crippen LogP contribution < -0.4 is 10.5 Å². The first-order chi connectivity index (χ1) is 16.6. The first-order valence-corrected chi connectivity index (χ1v) is 12.4. The standard InChI is InChI=1S/C28H38N4O3/c1-27(2,3)22-10-8-21(9-11-22)24-30(4)28(15-18-31(19-16-28)26(29)34)25(33)32(24)17-14-20-6-12-23(35-5)13-7-20/h6-13,24H,14-19H2,1-5H3,(H2,29,34). The second-order valence-electron chi connectivity index (χ2n) is 10.8. The van der Waals surface area contributed by atoms with Gasteiger partial charge in [0, 0.05) is 19.6 Å². The van der Waals surface area contributed by atoms with Gasteiger partial charge in [0.25, 0.3) is 0 Å². The summed E-state index contributed by atoms with van der Waals surface area (Å²) in [5, 5.41) is 0. The molecule has 188 valence electrons. The second-order valence-corrected chi connectivity index (χ2v) is 10.8. The molecule has 35 heavy (non-hydrogen) atoms. The summed E-state index contributed by atoms with van der Waals surface area (Å²) in [5.41, 5.74) is 8.49. The van der Waals surface area contributed by atoms with Crippen molar-refractivity contribution < 1.29 is 14.3 Å². The van der Waals surface area contributed by atoms with Crippen molar-refractivity contribution in [1.29, 1.82) is 0 Å². The molecule has 7 nitrogen and oxygen atoms in total. The summed E-state index contributed by atoms with van der Waals surface area (Å²) in [6.07, 6.45) is 1.76. The van der Waals surface area contributed by atoms with Crippen molar-refractivity contribution in [2.45, 2.75) is 57.2 Å². The lowest BCUT2D eigenvalue weighted by Gasteiger charge is -2.41. The van der Waals surface area contributed by atoms with Crippen molar-refractivity contribution in [1.82, 2.24) is 14.7 Å². The third-order valence-corrected chi connectivity index (χ3v) is 7.77. The van der Waals surface area contributed by atoms with E-state index in [4.69, 9.17) is 10.5 Å². The molecule has 2 heterocycles. The highest BCUT2D eigenvalue weighted by molar-refractivity contribution is 5.89. The lowest BCUT2D eigenvalue weighted by atomic mass is 9.85. The Kier molecular flexibility index (Phi) is 6.82. The summed E-state index contributed by atoms with van der Waals surface area (Å²) in [7, 11) is 3.71. The number of methoxy groups -OCH3 is 1. The summed E-state index contributed by atoms with van der Waals surface area (Å²) in [5.74, 6) is 0.963. The van der Waals surface area contributed by atoms with E-state index in [2.05, 4.69) is 62.1 Å². The number of nitrogens with two attached hydrogens (primary N) is 1. The number of likely N-dealkylation sites (N-methyl/N-ethyl adjacent to an activating group) is 1. The zero-order chi connectivity index (χ0) is 25.4. The van der Waals surface area contributed by atoms with Gasteiger partial charge in [0.1, 0.15) is 17.5 Å². The largest absolute Gasteiger partial charge is 0.497 e. The number of carbonyl (C=O) groups is 2. The van der Waals surface area contributed by atoms with Crippen molar-refractivity contribution in [3.05, 3.63) is 65.2 Å². The predicted octanol–water partition coefficient (Wildman–Crippen LogP) is 3.92. The fraction of sp³-hybridized carbons (Fsp3) is 0.500. The molecule has 0 aromatic heterocycles. The van der Waals surface area contributed by atoms with E-state index >= 15 is 0 Å². The van der Waals surface area contributed by atoms with Crippen molar-refractivity contribution in [2.24, 2.45) is 5.73 Å². The molecular formula is C28H38N4O3. The van der Waals surface area contributed by atoms with Gasteiger partial charge in [-0.25, -0.2) is 4.79 Å². The molecule has 0 bridgehead atoms. The number of piperidine rings is 1. The molecule has 7 heteroatoms. The maximum Gasteiger partial charge on any atom is 0.314 e. The number of primary amides is 1. The Morgan fingerprint density at radius 2 is 1.66 bits per heavy atom. The molecule has 2 saturated heterocycles. The van der Waals surface area contributed by atoms with Crippen LogP contribution in [0.25, 0.3) is 0 Å². The van der Waals surface area contributed by atoms with Crippen molar-refractivity contribution in [3.8, 4) is 5.75 Å². The van der Waals surface area contributed by atoms with E-state index in [-0.39, 0.29) is 17.5 Å². The number of benzene rings is 2. The SMILES string of the molecule is COc1ccc(CCN2C(=O)C3(CCN(C(N)=O)CC3)N(C)C2c2ccc(C(C)(C)C)cc2)cc1. The Bertz CT molecular complexity index is 1050. The summed E-state index contributed by atoms with van der Waals surface area (Å²) in [6.45, 7) is 8.21. The van der Waals surface area contributed by atoms with Gasteiger partial charge in [0.05, 0.1) is 7.11 Å². The first kappa shape index (κ1) is 25.0. The van der Waals surface area contributed by atoms with Crippen LogP contribution in [-0.2, 0) is 16.6 Å². The fourth-order valence-corrected chi connectivity index (χ4v) is 5.46. The number of rotatable bonds is 5. The van der Waals surface area contributed by atoms with Crippen LogP contribution in [0.5, 0.6) is 5.75 Å². The van der Waals surface area contributed by atoms with Gasteiger partial charge in [-0.2, -0.15) is 0 Å². The van der Waals surface area contributed by atoms with Gasteiger partial charge >= 0.3 is 6.03 Å². The molecule has 2 N–H and O–H groups in total. The number of hydrogen-bond acceptors (Lipinski definition) is 4. The van der Waals surface area contributed by atoms with Crippen molar-refractivity contribution in [2.75, 3.05) is 33.8 Å². The number of nitrogens with zero attached hydrogens (tertiary/aromatic N) is 3. The van der Waals surface area contributed by atoms with Gasteiger partial charge in [0.2, 0.25) is 5.91 Å². The molecule has 2 fully saturated rings. The molecule has 0 aliphatic carbocycles. The molecule has 2 aliphatic rings. The summed E-state index contributed by atoms with van der Waals surface area (Å²) >= 11 is 0. The van der Waals surface area contributed by atoms with Crippen LogP contribution in [0.2, 0.25) is 0 Å². The van der Waals surface area contributed by atoms with Gasteiger partial charge in [-0.1, -0.05) is 57.2 Å². The number of urea groups is 1. The zero-order valence-electron chi connectivity index (χ0n) is 21.6. The highest BCUT2D eigenvalue weighted by Crippen LogP contribution is 2.45. The smallest absolute Gasteiger partial charge is 0.314 e. The van der Waals surface area contributed by atoms with E-state index in [1.165, 1.54) is 5.56 Å². The molecule has 2 aromatic carbocycles. The van der Waals surface area contributed by atoms with E-state index in [9.17, 15) is 9.59 Å². The van der Waals surface area contributed by atoms with Crippen molar-refractivity contribution in [3.63, 3.8) is 0 Å². The molecule has 2 aromatic rings. The quantitative estimate of drug-likeness (QED) is 0.707. The number of amides is 3. The van der Waals surface area contributed by atoms with Gasteiger partial charge in [0.15, 0.2) is 0 Å². The number of hydrogen-bond donors (Lipinski definition) is 1. The molecule has 0 saturated carbocycles. The Morgan fingerprint density at radius 3 is 2.17 bits per heavy atom. The molecule has 1 unspecified atom stereocenters. The average molecular weight is 479 g/mol. The Morgan fingerprint density at radius 1 is 1.06 bits per heavy atom. The molecule has 0 radical (unpaired) electrons. The monoisotopic (exact) mass is 478 g/mol.